The molecule has 0 unspecified atom stereocenters. The fraction of sp³-hybridized carbons (Fsp3) is 0.389. The van der Waals surface area contributed by atoms with Crippen LogP contribution < -0.4 is 10.1 Å². The van der Waals surface area contributed by atoms with Crippen molar-refractivity contribution in [1.29, 1.82) is 0 Å². The van der Waals surface area contributed by atoms with Gasteiger partial charge in [-0.25, -0.2) is 18.8 Å². The quantitative estimate of drug-likeness (QED) is 0.640. The van der Waals surface area contributed by atoms with Crippen molar-refractivity contribution in [3.8, 4) is 5.75 Å². The number of nitrogens with zero attached hydrogens (tertiary/aromatic N) is 2. The van der Waals surface area contributed by atoms with Crippen LogP contribution in [0.2, 0.25) is 0 Å². The highest BCUT2D eigenvalue weighted by Gasteiger charge is 2.35. The summed E-state index contributed by atoms with van der Waals surface area (Å²) < 4.78 is 18.5. The molecule has 2 heterocycles. The molecular formula is C18H22FN3O6. The molecule has 9 nitrogen and oxygen atoms in total. The summed E-state index contributed by atoms with van der Waals surface area (Å²) in [5.41, 5.74) is 0. The first kappa shape index (κ1) is 21.2. The molecule has 0 saturated carbocycles. The van der Waals surface area contributed by atoms with Gasteiger partial charge in [-0.2, -0.15) is 0 Å². The lowest BCUT2D eigenvalue weighted by molar-refractivity contribution is -0.134. The minimum Gasteiger partial charge on any atom is -0.487 e. The number of amides is 2. The van der Waals surface area contributed by atoms with Gasteiger partial charge in [0.1, 0.15) is 17.7 Å². The monoisotopic (exact) mass is 395 g/mol. The molecule has 3 N–H and O–H groups in total. The summed E-state index contributed by atoms with van der Waals surface area (Å²) >= 11 is 0. The van der Waals surface area contributed by atoms with E-state index in [1.807, 2.05) is 4.90 Å². The number of nitrogens with one attached hydrogen (secondary N) is 1. The zero-order valence-corrected chi connectivity index (χ0v) is 15.1. The van der Waals surface area contributed by atoms with Crippen molar-refractivity contribution in [3.05, 3.63) is 42.2 Å². The fourth-order valence-electron chi connectivity index (χ4n) is 2.57. The number of ether oxygens (including phenoxy) is 1. The Bertz CT molecular complexity index is 697. The highest BCUT2D eigenvalue weighted by Crippen LogP contribution is 2.19. The largest absolute Gasteiger partial charge is 0.487 e. The predicted molar refractivity (Wildman–Crippen MR) is 96.6 cm³/mol. The third-order valence-corrected chi connectivity index (χ3v) is 3.99. The van der Waals surface area contributed by atoms with Crippen molar-refractivity contribution in [3.63, 3.8) is 0 Å². The Kier molecular flexibility index (Phi) is 7.76. The molecule has 1 aromatic rings. The molecule has 28 heavy (non-hydrogen) atoms. The third-order valence-electron chi connectivity index (χ3n) is 3.99. The van der Waals surface area contributed by atoms with Crippen LogP contribution in [-0.2, 0) is 9.59 Å². The molecule has 1 aromatic carbocycles. The molecule has 0 atom stereocenters. The van der Waals surface area contributed by atoms with E-state index >= 15 is 0 Å². The number of hydrogen-bond acceptors (Lipinski definition) is 5. The normalized spacial score (nSPS) is 16.8. The molecule has 0 aliphatic carbocycles. The van der Waals surface area contributed by atoms with E-state index in [0.29, 0.717) is 31.0 Å². The first-order valence-corrected chi connectivity index (χ1v) is 8.66. The molecular weight excluding hydrogens is 373 g/mol. The van der Waals surface area contributed by atoms with Gasteiger partial charge >= 0.3 is 18.0 Å². The van der Waals surface area contributed by atoms with Crippen LogP contribution in [0.15, 0.2) is 36.4 Å². The van der Waals surface area contributed by atoms with Crippen molar-refractivity contribution < 1.29 is 33.7 Å². The van der Waals surface area contributed by atoms with E-state index in [4.69, 9.17) is 14.9 Å². The van der Waals surface area contributed by atoms with Crippen LogP contribution in [0.25, 0.3) is 0 Å². The van der Waals surface area contributed by atoms with Crippen LogP contribution >= 0.6 is 0 Å². The lowest BCUT2D eigenvalue weighted by Crippen LogP contribution is -2.61. The number of benzene rings is 1. The Morgan fingerprint density at radius 3 is 2.04 bits per heavy atom. The zero-order valence-electron chi connectivity index (χ0n) is 15.1. The number of urea groups is 1. The maximum Gasteiger partial charge on any atom is 0.328 e. The average Bonchev–Trinajstić information content (AvgIpc) is 2.65. The molecule has 2 fully saturated rings. The van der Waals surface area contributed by atoms with E-state index in [0.717, 1.165) is 26.2 Å². The van der Waals surface area contributed by atoms with Gasteiger partial charge < -0.3 is 30.1 Å². The standard InChI is InChI=1S/C14H18FN3O2.C4H4O4/c15-11-1-3-12(4-2-11)20-13-9-18(10-13)14(19)17-7-5-16-6-8-17;5-3(6)1-2-4(7)8/h1-4,13,16H,5-10H2;1-2H,(H,5,6)(H,7,8)/b;2-1+. The first-order chi connectivity index (χ1) is 13.3. The molecule has 0 bridgehead atoms. The summed E-state index contributed by atoms with van der Waals surface area (Å²) in [6, 6.07) is 6.05. The van der Waals surface area contributed by atoms with Crippen molar-refractivity contribution in [1.82, 2.24) is 15.1 Å². The van der Waals surface area contributed by atoms with Crippen LogP contribution in [0.1, 0.15) is 0 Å². The molecule has 0 spiro atoms. The van der Waals surface area contributed by atoms with Crippen molar-refractivity contribution in [2.75, 3.05) is 39.3 Å². The Balaban J connectivity index is 0.000000300. The minimum absolute atomic E-state index is 0.00678. The molecule has 152 valence electrons. The van der Waals surface area contributed by atoms with Gasteiger partial charge in [0.25, 0.3) is 0 Å². The number of hydrogen-bond donors (Lipinski definition) is 3. The number of carbonyl (C=O) groups excluding carboxylic acids is 1. The highest BCUT2D eigenvalue weighted by atomic mass is 19.1. The smallest absolute Gasteiger partial charge is 0.328 e. The Labute approximate surface area is 161 Å². The molecule has 10 heteroatoms. The second-order valence-electron chi connectivity index (χ2n) is 6.13. The lowest BCUT2D eigenvalue weighted by Gasteiger charge is -2.42. The molecule has 2 saturated heterocycles. The van der Waals surface area contributed by atoms with Gasteiger partial charge in [-0.1, -0.05) is 0 Å². The van der Waals surface area contributed by atoms with Crippen molar-refractivity contribution in [2.45, 2.75) is 6.10 Å². The van der Waals surface area contributed by atoms with Gasteiger partial charge in [0.05, 0.1) is 13.1 Å². The summed E-state index contributed by atoms with van der Waals surface area (Å²) in [6.45, 7) is 4.43. The second kappa shape index (κ2) is 10.3. The predicted octanol–water partition coefficient (Wildman–Crippen LogP) is 0.626. The van der Waals surface area contributed by atoms with Crippen molar-refractivity contribution in [2.24, 2.45) is 0 Å². The summed E-state index contributed by atoms with van der Waals surface area (Å²) in [4.78, 5) is 34.9. The number of likely N-dealkylation sites (tertiary alicyclic amines) is 1. The minimum atomic E-state index is -1.26. The fourth-order valence-corrected chi connectivity index (χ4v) is 2.57. The van der Waals surface area contributed by atoms with E-state index < -0.39 is 11.9 Å². The number of aliphatic carboxylic acids is 2. The second-order valence-corrected chi connectivity index (χ2v) is 6.13. The highest BCUT2D eigenvalue weighted by molar-refractivity contribution is 5.89. The van der Waals surface area contributed by atoms with E-state index in [2.05, 4.69) is 5.32 Å². The van der Waals surface area contributed by atoms with Crippen LogP contribution in [0.3, 0.4) is 0 Å². The summed E-state index contributed by atoms with van der Waals surface area (Å²) in [5, 5.41) is 18.8. The summed E-state index contributed by atoms with van der Waals surface area (Å²) in [5.74, 6) is -2.15. The number of carboxylic acid groups (broad SMARTS) is 2. The number of carbonyl (C=O) groups is 3. The van der Waals surface area contributed by atoms with Gasteiger partial charge in [0.15, 0.2) is 0 Å². The lowest BCUT2D eigenvalue weighted by atomic mass is 10.1. The maximum absolute atomic E-state index is 12.8. The van der Waals surface area contributed by atoms with E-state index in [1.165, 1.54) is 12.1 Å². The topological polar surface area (TPSA) is 119 Å². The maximum atomic E-state index is 12.8. The van der Waals surface area contributed by atoms with Gasteiger partial charge in [0.2, 0.25) is 0 Å². The number of piperazine rings is 1. The van der Waals surface area contributed by atoms with E-state index in [9.17, 15) is 18.8 Å². The van der Waals surface area contributed by atoms with Gasteiger partial charge in [0, 0.05) is 38.3 Å². The van der Waals surface area contributed by atoms with Gasteiger partial charge in [-0.15, -0.1) is 0 Å². The molecule has 3 rings (SSSR count). The first-order valence-electron chi connectivity index (χ1n) is 8.66. The third kappa shape index (κ3) is 6.88. The van der Waals surface area contributed by atoms with Gasteiger partial charge in [-0.3, -0.25) is 0 Å². The average molecular weight is 395 g/mol. The zero-order chi connectivity index (χ0) is 20.5. The number of rotatable bonds is 4. The van der Waals surface area contributed by atoms with Crippen LogP contribution in [-0.4, -0.2) is 83.4 Å². The Hall–Kier alpha value is -3.14. The summed E-state index contributed by atoms with van der Waals surface area (Å²) in [7, 11) is 0. The number of halogens is 1. The van der Waals surface area contributed by atoms with E-state index in [-0.39, 0.29) is 18.0 Å². The van der Waals surface area contributed by atoms with E-state index in [1.54, 1.807) is 17.0 Å². The van der Waals surface area contributed by atoms with Crippen LogP contribution in [0.5, 0.6) is 5.75 Å². The van der Waals surface area contributed by atoms with Gasteiger partial charge in [-0.05, 0) is 24.3 Å². The SMILES string of the molecule is O=C(N1CCNCC1)N1CC(Oc2ccc(F)cc2)C1.O=C(O)/C=C/C(=O)O. The molecule has 2 aliphatic heterocycles. The van der Waals surface area contributed by atoms with Crippen LogP contribution in [0, 0.1) is 5.82 Å². The molecule has 0 aromatic heterocycles. The summed E-state index contributed by atoms with van der Waals surface area (Å²) in [6.07, 6.45) is 1.12. The molecule has 2 amide bonds. The molecule has 0 radical (unpaired) electrons. The van der Waals surface area contributed by atoms with Crippen molar-refractivity contribution >= 4 is 18.0 Å². The number of carboxylic acids is 2. The molecule has 2 aliphatic rings. The van der Waals surface area contributed by atoms with Crippen LogP contribution in [0.4, 0.5) is 9.18 Å². The Morgan fingerprint density at radius 1 is 1.00 bits per heavy atom. The Morgan fingerprint density at radius 2 is 1.54 bits per heavy atom.